The number of aromatic amines is 1. The number of nitrogens with zero attached hydrogens (tertiary/aromatic N) is 2. The monoisotopic (exact) mass is 343 g/mol. The highest BCUT2D eigenvalue weighted by Crippen LogP contribution is 2.21. The molecule has 2 heterocycles. The first-order valence-electron chi connectivity index (χ1n) is 8.76. The molecule has 0 atom stereocenters. The minimum Gasteiger partial charge on any atom is -0.494 e. The highest BCUT2D eigenvalue weighted by atomic mass is 16.5. The number of fused-ring (bicyclic) bond motifs is 1. The van der Waals surface area contributed by atoms with Gasteiger partial charge < -0.3 is 19.5 Å². The summed E-state index contributed by atoms with van der Waals surface area (Å²) in [5, 5.41) is 0.977. The quantitative estimate of drug-likeness (QED) is 0.841. The topological polar surface area (TPSA) is 65.6 Å². The molecule has 6 heteroatoms. The van der Waals surface area contributed by atoms with Crippen molar-refractivity contribution in [2.24, 2.45) is 0 Å². The third-order valence-electron chi connectivity index (χ3n) is 4.68. The third kappa shape index (κ3) is 4.39. The first kappa shape index (κ1) is 17.5. The van der Waals surface area contributed by atoms with Crippen molar-refractivity contribution < 1.29 is 9.53 Å². The maximum atomic E-state index is 12.2. The van der Waals surface area contributed by atoms with Gasteiger partial charge in [-0.3, -0.25) is 9.59 Å². The van der Waals surface area contributed by atoms with Gasteiger partial charge in [-0.15, -0.1) is 0 Å². The standard InChI is InChI=1S/C19H25N3O3/c1-14-12-18(23)20-17-6-5-15(13-16(14)17)25-11-3-4-19(24)22-9-7-21(2)8-10-22/h5-6,12-13H,3-4,7-11H2,1-2H3,(H,20,23). The molecular weight excluding hydrogens is 318 g/mol. The summed E-state index contributed by atoms with van der Waals surface area (Å²) in [5.74, 6) is 0.971. The first-order valence-corrected chi connectivity index (χ1v) is 8.76. The van der Waals surface area contributed by atoms with Crippen LogP contribution >= 0.6 is 0 Å². The van der Waals surface area contributed by atoms with Gasteiger partial charge in [0.25, 0.3) is 0 Å². The van der Waals surface area contributed by atoms with Crippen molar-refractivity contribution in [1.29, 1.82) is 0 Å². The fourth-order valence-corrected chi connectivity index (χ4v) is 3.12. The Morgan fingerprint density at radius 3 is 2.72 bits per heavy atom. The Hall–Kier alpha value is -2.34. The van der Waals surface area contributed by atoms with E-state index < -0.39 is 0 Å². The van der Waals surface area contributed by atoms with Gasteiger partial charge in [-0.25, -0.2) is 0 Å². The second-order valence-electron chi connectivity index (χ2n) is 6.66. The van der Waals surface area contributed by atoms with Crippen molar-refractivity contribution >= 4 is 16.8 Å². The molecular formula is C19H25N3O3. The summed E-state index contributed by atoms with van der Waals surface area (Å²) >= 11 is 0. The van der Waals surface area contributed by atoms with Crippen molar-refractivity contribution in [3.05, 3.63) is 40.2 Å². The van der Waals surface area contributed by atoms with Crippen molar-refractivity contribution in [3.8, 4) is 5.75 Å². The molecule has 1 aliphatic rings. The second kappa shape index (κ2) is 7.70. The number of H-pyrrole nitrogens is 1. The molecule has 1 fully saturated rings. The summed E-state index contributed by atoms with van der Waals surface area (Å²) in [6.07, 6.45) is 1.22. The van der Waals surface area contributed by atoms with Crippen LogP contribution in [0.15, 0.2) is 29.1 Å². The number of likely N-dealkylation sites (N-methyl/N-ethyl adjacent to an activating group) is 1. The van der Waals surface area contributed by atoms with Crippen LogP contribution < -0.4 is 10.3 Å². The summed E-state index contributed by atoms with van der Waals surface area (Å²) in [6, 6.07) is 7.22. The molecule has 1 aromatic carbocycles. The van der Waals surface area contributed by atoms with Crippen LogP contribution in [0.2, 0.25) is 0 Å². The number of ether oxygens (including phenoxy) is 1. The van der Waals surface area contributed by atoms with Crippen molar-refractivity contribution in [2.45, 2.75) is 19.8 Å². The predicted octanol–water partition coefficient (Wildman–Crippen LogP) is 1.77. The lowest BCUT2D eigenvalue weighted by Crippen LogP contribution is -2.47. The zero-order chi connectivity index (χ0) is 17.8. The zero-order valence-corrected chi connectivity index (χ0v) is 14.9. The number of pyridine rings is 1. The predicted molar refractivity (Wildman–Crippen MR) is 98.1 cm³/mol. The van der Waals surface area contributed by atoms with Gasteiger partial charge >= 0.3 is 0 Å². The molecule has 0 radical (unpaired) electrons. The maximum Gasteiger partial charge on any atom is 0.248 e. The number of aromatic nitrogens is 1. The number of amides is 1. The number of benzene rings is 1. The van der Waals surface area contributed by atoms with E-state index in [2.05, 4.69) is 16.9 Å². The minimum absolute atomic E-state index is 0.0962. The van der Waals surface area contributed by atoms with E-state index in [1.165, 1.54) is 0 Å². The molecule has 0 aliphatic carbocycles. The average Bonchev–Trinajstić information content (AvgIpc) is 2.59. The highest BCUT2D eigenvalue weighted by Gasteiger charge is 2.18. The average molecular weight is 343 g/mol. The number of carbonyl (C=O) groups is 1. The van der Waals surface area contributed by atoms with E-state index >= 15 is 0 Å². The molecule has 0 unspecified atom stereocenters. The smallest absolute Gasteiger partial charge is 0.248 e. The Morgan fingerprint density at radius 2 is 1.96 bits per heavy atom. The van der Waals surface area contributed by atoms with Gasteiger partial charge in [0.1, 0.15) is 5.75 Å². The van der Waals surface area contributed by atoms with E-state index in [1.807, 2.05) is 30.0 Å². The number of piperazine rings is 1. The number of hydrogen-bond acceptors (Lipinski definition) is 4. The van der Waals surface area contributed by atoms with Crippen molar-refractivity contribution in [2.75, 3.05) is 39.8 Å². The molecule has 25 heavy (non-hydrogen) atoms. The van der Waals surface area contributed by atoms with Crippen LogP contribution in [0.25, 0.3) is 10.9 Å². The third-order valence-corrected chi connectivity index (χ3v) is 4.68. The Kier molecular flexibility index (Phi) is 5.38. The van der Waals surface area contributed by atoms with Gasteiger partial charge in [0.15, 0.2) is 0 Å². The van der Waals surface area contributed by atoms with Crippen LogP contribution in [-0.4, -0.2) is 60.5 Å². The van der Waals surface area contributed by atoms with Gasteiger partial charge in [0.05, 0.1) is 6.61 Å². The number of aryl methyl sites for hydroxylation is 1. The molecule has 134 valence electrons. The van der Waals surface area contributed by atoms with Crippen LogP contribution in [0.1, 0.15) is 18.4 Å². The number of nitrogens with one attached hydrogen (secondary N) is 1. The fourth-order valence-electron chi connectivity index (χ4n) is 3.12. The second-order valence-corrected chi connectivity index (χ2v) is 6.66. The van der Waals surface area contributed by atoms with Gasteiger partial charge in [-0.05, 0) is 44.2 Å². The lowest BCUT2D eigenvalue weighted by Gasteiger charge is -2.32. The van der Waals surface area contributed by atoms with Gasteiger partial charge in [0, 0.05) is 49.6 Å². The normalized spacial score (nSPS) is 15.5. The molecule has 3 rings (SSSR count). The van der Waals surface area contributed by atoms with E-state index in [4.69, 9.17) is 4.74 Å². The lowest BCUT2D eigenvalue weighted by atomic mass is 10.1. The minimum atomic E-state index is -0.0962. The van der Waals surface area contributed by atoms with E-state index in [0.717, 1.165) is 48.4 Å². The fraction of sp³-hybridized carbons (Fsp3) is 0.474. The molecule has 0 spiro atoms. The molecule has 1 N–H and O–H groups in total. The number of carbonyl (C=O) groups excluding carboxylic acids is 1. The van der Waals surface area contributed by atoms with Crippen LogP contribution in [0, 0.1) is 6.92 Å². The van der Waals surface area contributed by atoms with E-state index in [9.17, 15) is 9.59 Å². The first-order chi connectivity index (χ1) is 12.0. The van der Waals surface area contributed by atoms with Crippen molar-refractivity contribution in [3.63, 3.8) is 0 Å². The van der Waals surface area contributed by atoms with Crippen molar-refractivity contribution in [1.82, 2.24) is 14.8 Å². The Bertz CT molecular complexity index is 807. The van der Waals surface area contributed by atoms with E-state index in [-0.39, 0.29) is 11.5 Å². The SMILES string of the molecule is Cc1cc(=O)[nH]c2ccc(OCCCC(=O)N3CCN(C)CC3)cc12. The van der Waals surface area contributed by atoms with Gasteiger partial charge in [-0.2, -0.15) is 0 Å². The molecule has 0 bridgehead atoms. The van der Waals surface area contributed by atoms with Gasteiger partial charge in [-0.1, -0.05) is 0 Å². The highest BCUT2D eigenvalue weighted by molar-refractivity contribution is 5.83. The molecule has 1 aliphatic heterocycles. The van der Waals surface area contributed by atoms with E-state index in [0.29, 0.717) is 19.4 Å². The van der Waals surface area contributed by atoms with Crippen LogP contribution in [0.3, 0.4) is 0 Å². The maximum absolute atomic E-state index is 12.2. The molecule has 1 saturated heterocycles. The van der Waals surface area contributed by atoms with Crippen LogP contribution in [0.5, 0.6) is 5.75 Å². The molecule has 2 aromatic rings. The Labute approximate surface area is 147 Å². The summed E-state index contributed by atoms with van der Waals surface area (Å²) in [4.78, 5) is 30.7. The van der Waals surface area contributed by atoms with Gasteiger partial charge in [0.2, 0.25) is 11.5 Å². The zero-order valence-electron chi connectivity index (χ0n) is 14.9. The summed E-state index contributed by atoms with van der Waals surface area (Å²) in [6.45, 7) is 5.95. The van der Waals surface area contributed by atoms with Crippen LogP contribution in [0.4, 0.5) is 0 Å². The molecule has 1 aromatic heterocycles. The summed E-state index contributed by atoms with van der Waals surface area (Å²) in [5.41, 5.74) is 1.64. The van der Waals surface area contributed by atoms with E-state index in [1.54, 1.807) is 6.07 Å². The lowest BCUT2D eigenvalue weighted by molar-refractivity contribution is -0.133. The molecule has 1 amide bonds. The Balaban J connectivity index is 1.50. The largest absolute Gasteiger partial charge is 0.494 e. The van der Waals surface area contributed by atoms with Crippen LogP contribution in [-0.2, 0) is 4.79 Å². The number of hydrogen-bond donors (Lipinski definition) is 1. The molecule has 0 saturated carbocycles. The number of rotatable bonds is 5. The summed E-state index contributed by atoms with van der Waals surface area (Å²) in [7, 11) is 2.08. The molecule has 6 nitrogen and oxygen atoms in total. The summed E-state index contributed by atoms with van der Waals surface area (Å²) < 4.78 is 5.78. The Morgan fingerprint density at radius 1 is 1.20 bits per heavy atom.